The minimum absolute atomic E-state index is 0.0535. The highest BCUT2D eigenvalue weighted by Gasteiger charge is 2.60. The van der Waals surface area contributed by atoms with Gasteiger partial charge in [-0.2, -0.15) is 0 Å². The third-order valence-electron chi connectivity index (χ3n) is 5.83. The summed E-state index contributed by atoms with van der Waals surface area (Å²) in [5.41, 5.74) is 1.79. The molecular weight excluding hydrogens is 286 g/mol. The molecule has 21 heavy (non-hydrogen) atoms. The van der Waals surface area contributed by atoms with Gasteiger partial charge >= 0.3 is 5.97 Å². The molecule has 2 aliphatic carbocycles. The van der Waals surface area contributed by atoms with E-state index in [1.165, 1.54) is 6.42 Å². The van der Waals surface area contributed by atoms with Crippen LogP contribution in [0.1, 0.15) is 50.4 Å². The molecule has 0 radical (unpaired) electrons. The third-order valence-corrected chi connectivity index (χ3v) is 6.08. The molecule has 0 heterocycles. The maximum Gasteiger partial charge on any atom is 0.365 e. The Morgan fingerprint density at radius 1 is 1.29 bits per heavy atom. The summed E-state index contributed by atoms with van der Waals surface area (Å²) in [5, 5.41) is 4.80. The Bertz CT molecular complexity index is 606. The molecule has 0 aliphatic heterocycles. The quantitative estimate of drug-likeness (QED) is 0.587. The van der Waals surface area contributed by atoms with Crippen LogP contribution in [0.5, 0.6) is 0 Å². The lowest BCUT2D eigenvalue weighted by Crippen LogP contribution is -2.32. The Kier molecular flexibility index (Phi) is 3.36. The van der Waals surface area contributed by atoms with Crippen molar-refractivity contribution in [1.29, 1.82) is 0 Å². The monoisotopic (exact) mass is 305 g/mol. The second-order valence-corrected chi connectivity index (χ2v) is 7.35. The molecule has 0 unspecified atom stereocenters. The first-order valence-corrected chi connectivity index (χ1v) is 7.77. The Morgan fingerprint density at radius 2 is 1.95 bits per heavy atom. The summed E-state index contributed by atoms with van der Waals surface area (Å²) >= 11 is 5.81. The second-order valence-electron chi connectivity index (χ2n) is 6.92. The van der Waals surface area contributed by atoms with Crippen molar-refractivity contribution >= 4 is 23.3 Å². The predicted octanol–water partition coefficient (Wildman–Crippen LogP) is 4.70. The molecule has 1 aromatic rings. The number of benzene rings is 1. The molecule has 112 valence electrons. The molecule has 2 atom stereocenters. The van der Waals surface area contributed by atoms with Crippen molar-refractivity contribution in [3.63, 3.8) is 0 Å². The number of halogens is 1. The van der Waals surface area contributed by atoms with Crippen molar-refractivity contribution in [2.45, 2.75) is 40.0 Å². The van der Waals surface area contributed by atoms with Gasteiger partial charge in [-0.25, -0.2) is 4.79 Å². The van der Waals surface area contributed by atoms with E-state index in [2.05, 4.69) is 25.9 Å². The number of carbonyl (C=O) groups is 1. The van der Waals surface area contributed by atoms with E-state index < -0.39 is 5.97 Å². The van der Waals surface area contributed by atoms with Crippen molar-refractivity contribution in [1.82, 2.24) is 0 Å². The van der Waals surface area contributed by atoms with Crippen molar-refractivity contribution in [2.75, 3.05) is 0 Å². The second kappa shape index (κ2) is 4.84. The van der Waals surface area contributed by atoms with Crippen LogP contribution >= 0.6 is 11.6 Å². The van der Waals surface area contributed by atoms with Gasteiger partial charge < -0.3 is 4.84 Å². The fourth-order valence-corrected chi connectivity index (χ4v) is 3.93. The first-order valence-electron chi connectivity index (χ1n) is 7.39. The molecule has 1 aromatic carbocycles. The summed E-state index contributed by atoms with van der Waals surface area (Å²) in [4.78, 5) is 17.2. The van der Waals surface area contributed by atoms with Crippen molar-refractivity contribution in [2.24, 2.45) is 21.9 Å². The van der Waals surface area contributed by atoms with E-state index in [1.807, 2.05) is 0 Å². The van der Waals surface area contributed by atoms with Crippen LogP contribution in [0.3, 0.4) is 0 Å². The molecule has 3 rings (SSSR count). The smallest absolute Gasteiger partial charge is 0.313 e. The Balaban J connectivity index is 1.76. The van der Waals surface area contributed by atoms with E-state index in [0.29, 0.717) is 16.5 Å². The van der Waals surface area contributed by atoms with Crippen molar-refractivity contribution < 1.29 is 9.63 Å². The summed E-state index contributed by atoms with van der Waals surface area (Å²) < 4.78 is 0. The fourth-order valence-electron chi connectivity index (χ4n) is 3.80. The van der Waals surface area contributed by atoms with Gasteiger partial charge in [-0.3, -0.25) is 0 Å². The summed E-state index contributed by atoms with van der Waals surface area (Å²) in [7, 11) is 0. The molecule has 3 nitrogen and oxygen atoms in total. The normalized spacial score (nSPS) is 31.6. The van der Waals surface area contributed by atoms with Gasteiger partial charge in [0.25, 0.3) is 0 Å². The first-order chi connectivity index (χ1) is 9.84. The molecule has 0 N–H and O–H groups in total. The van der Waals surface area contributed by atoms with Gasteiger partial charge in [-0.05, 0) is 54.9 Å². The van der Waals surface area contributed by atoms with Crippen LogP contribution in [-0.2, 0) is 4.84 Å². The van der Waals surface area contributed by atoms with Crippen LogP contribution in [0, 0.1) is 16.7 Å². The van der Waals surface area contributed by atoms with Gasteiger partial charge in [-0.15, -0.1) is 0 Å². The Morgan fingerprint density at radius 3 is 2.48 bits per heavy atom. The van der Waals surface area contributed by atoms with Crippen LogP contribution in [0.25, 0.3) is 0 Å². The van der Waals surface area contributed by atoms with Crippen molar-refractivity contribution in [3.05, 3.63) is 34.9 Å². The summed E-state index contributed by atoms with van der Waals surface area (Å²) in [6.07, 6.45) is 3.31. The van der Waals surface area contributed by atoms with E-state index in [9.17, 15) is 4.79 Å². The molecule has 0 saturated heterocycles. The lowest BCUT2D eigenvalue weighted by Gasteiger charge is -2.34. The molecule has 4 heteroatoms. The highest BCUT2D eigenvalue weighted by molar-refractivity contribution is 6.30. The SMILES string of the molecule is CC1(C)[C@@H]2CC[C@@]1(C)/C(=N\OC(=O)c1ccc(Cl)cc1)C2. The molecular formula is C17H20ClNO2. The van der Waals surface area contributed by atoms with Crippen LogP contribution < -0.4 is 0 Å². The van der Waals surface area contributed by atoms with Crippen LogP contribution in [0.4, 0.5) is 0 Å². The average Bonchev–Trinajstić information content (AvgIpc) is 2.78. The van der Waals surface area contributed by atoms with E-state index in [1.54, 1.807) is 24.3 Å². The maximum absolute atomic E-state index is 12.0. The lowest BCUT2D eigenvalue weighted by atomic mass is 9.70. The number of rotatable bonds is 2. The zero-order chi connectivity index (χ0) is 15.3. The number of hydrogen-bond acceptors (Lipinski definition) is 3. The largest absolute Gasteiger partial charge is 0.365 e. The summed E-state index contributed by atoms with van der Waals surface area (Å²) in [6.45, 7) is 6.84. The van der Waals surface area contributed by atoms with Crippen LogP contribution in [-0.4, -0.2) is 11.7 Å². The summed E-state index contributed by atoms with van der Waals surface area (Å²) in [5.74, 6) is 0.221. The maximum atomic E-state index is 12.0. The summed E-state index contributed by atoms with van der Waals surface area (Å²) in [6, 6.07) is 6.65. The molecule has 2 aliphatic rings. The minimum atomic E-state index is -0.427. The Labute approximate surface area is 130 Å². The molecule has 2 fully saturated rings. The topological polar surface area (TPSA) is 38.7 Å². The van der Waals surface area contributed by atoms with Gasteiger partial charge in [0.15, 0.2) is 0 Å². The number of carbonyl (C=O) groups excluding carboxylic acids is 1. The average molecular weight is 306 g/mol. The highest BCUT2D eigenvalue weighted by atomic mass is 35.5. The van der Waals surface area contributed by atoms with E-state index in [-0.39, 0.29) is 10.8 Å². The lowest BCUT2D eigenvalue weighted by molar-refractivity contribution is 0.0508. The molecule has 0 amide bonds. The Hall–Kier alpha value is -1.35. The first kappa shape index (κ1) is 14.6. The number of hydrogen-bond donors (Lipinski definition) is 0. The van der Waals surface area contributed by atoms with Gasteiger partial charge in [0.05, 0.1) is 11.3 Å². The number of oxime groups is 1. The predicted molar refractivity (Wildman–Crippen MR) is 83.5 cm³/mol. The number of fused-ring (bicyclic) bond motifs is 2. The molecule has 2 saturated carbocycles. The van der Waals surface area contributed by atoms with Gasteiger partial charge in [0.2, 0.25) is 0 Å². The molecule has 0 spiro atoms. The third kappa shape index (κ3) is 2.18. The molecule has 2 bridgehead atoms. The minimum Gasteiger partial charge on any atom is -0.313 e. The fraction of sp³-hybridized carbons (Fsp3) is 0.529. The standard InChI is InChI=1S/C17H20ClNO2/c1-16(2)12-8-9-17(16,3)14(10-12)19-21-15(20)11-4-6-13(18)7-5-11/h4-7,12H,8-10H2,1-3H3/b19-14-/t12-,17+/m1/s1. The highest BCUT2D eigenvalue weighted by Crippen LogP contribution is 2.63. The van der Waals surface area contributed by atoms with E-state index in [4.69, 9.17) is 16.4 Å². The van der Waals surface area contributed by atoms with Crippen molar-refractivity contribution in [3.8, 4) is 0 Å². The number of nitrogens with zero attached hydrogens (tertiary/aromatic N) is 1. The van der Waals surface area contributed by atoms with Crippen LogP contribution in [0.2, 0.25) is 5.02 Å². The van der Waals surface area contributed by atoms with E-state index in [0.717, 1.165) is 18.6 Å². The van der Waals surface area contributed by atoms with Crippen LogP contribution in [0.15, 0.2) is 29.4 Å². The van der Waals surface area contributed by atoms with Gasteiger partial charge in [0.1, 0.15) is 0 Å². The zero-order valence-electron chi connectivity index (χ0n) is 12.6. The van der Waals surface area contributed by atoms with Gasteiger partial charge in [0, 0.05) is 10.4 Å². The van der Waals surface area contributed by atoms with E-state index >= 15 is 0 Å². The zero-order valence-corrected chi connectivity index (χ0v) is 13.4. The van der Waals surface area contributed by atoms with Gasteiger partial charge in [-0.1, -0.05) is 37.5 Å². The molecule has 0 aromatic heterocycles.